The molecule has 1 fully saturated rings. The molecule has 0 atom stereocenters. The molecular formula is C13H11ClN4S2. The van der Waals surface area contributed by atoms with E-state index >= 15 is 0 Å². The molecule has 0 amide bonds. The zero-order valence-electron chi connectivity index (χ0n) is 10.5. The number of hydrogen-bond acceptors (Lipinski definition) is 5. The first-order valence-electron chi connectivity index (χ1n) is 6.39. The molecule has 0 unspecified atom stereocenters. The molecule has 1 aliphatic rings. The zero-order chi connectivity index (χ0) is 13.5. The summed E-state index contributed by atoms with van der Waals surface area (Å²) >= 11 is 9.85. The number of aromatic nitrogens is 4. The molecule has 1 saturated carbocycles. The highest BCUT2D eigenvalue weighted by Gasteiger charge is 2.28. The van der Waals surface area contributed by atoms with Crippen LogP contribution in [0.3, 0.4) is 0 Å². The fourth-order valence-corrected chi connectivity index (χ4v) is 4.72. The second-order valence-electron chi connectivity index (χ2n) is 4.76. The van der Waals surface area contributed by atoms with Crippen LogP contribution in [0.15, 0.2) is 29.4 Å². The molecule has 1 aliphatic carbocycles. The molecule has 102 valence electrons. The van der Waals surface area contributed by atoms with Gasteiger partial charge in [0.2, 0.25) is 5.16 Å². The standard InChI is InChI=1S/C13H11ClN4S2/c14-12-9-3-1-2-4-10(9)20-11(12)7-19-13-15-16-17-18(13)8-5-6-8/h1-4,8H,5-7H2. The van der Waals surface area contributed by atoms with Gasteiger partial charge in [-0.3, -0.25) is 0 Å². The van der Waals surface area contributed by atoms with Crippen molar-refractivity contribution in [2.45, 2.75) is 29.8 Å². The minimum atomic E-state index is 0.505. The molecular weight excluding hydrogens is 312 g/mol. The third-order valence-corrected chi connectivity index (χ3v) is 6.15. The van der Waals surface area contributed by atoms with Crippen LogP contribution < -0.4 is 0 Å². The van der Waals surface area contributed by atoms with Crippen LogP contribution >= 0.6 is 34.7 Å². The molecule has 7 heteroatoms. The Hall–Kier alpha value is -1.11. The first-order valence-corrected chi connectivity index (χ1v) is 8.57. The molecule has 0 bridgehead atoms. The molecule has 3 aromatic rings. The Morgan fingerprint density at radius 3 is 3.00 bits per heavy atom. The van der Waals surface area contributed by atoms with Gasteiger partial charge in [-0.1, -0.05) is 41.6 Å². The van der Waals surface area contributed by atoms with Crippen LogP contribution in [-0.4, -0.2) is 20.2 Å². The van der Waals surface area contributed by atoms with Crippen molar-refractivity contribution in [2.24, 2.45) is 0 Å². The number of halogens is 1. The predicted octanol–water partition coefficient (Wildman–Crippen LogP) is 4.17. The van der Waals surface area contributed by atoms with Crippen LogP contribution in [0.2, 0.25) is 5.02 Å². The number of rotatable bonds is 4. The average Bonchev–Trinajstić information content (AvgIpc) is 3.13. The van der Waals surface area contributed by atoms with Crippen molar-refractivity contribution in [3.63, 3.8) is 0 Å². The summed E-state index contributed by atoms with van der Waals surface area (Å²) in [6.45, 7) is 0. The fourth-order valence-electron chi connectivity index (χ4n) is 2.12. The monoisotopic (exact) mass is 322 g/mol. The maximum absolute atomic E-state index is 6.45. The molecule has 0 spiro atoms. The van der Waals surface area contributed by atoms with Gasteiger partial charge in [-0.25, -0.2) is 4.68 Å². The third kappa shape index (κ3) is 2.21. The predicted molar refractivity (Wildman–Crippen MR) is 82.5 cm³/mol. The molecule has 1 aromatic carbocycles. The highest BCUT2D eigenvalue weighted by atomic mass is 35.5. The first-order chi connectivity index (χ1) is 9.83. The molecule has 0 aliphatic heterocycles. The van der Waals surface area contributed by atoms with Gasteiger partial charge in [0, 0.05) is 20.7 Å². The summed E-state index contributed by atoms with van der Waals surface area (Å²) in [7, 11) is 0. The second kappa shape index (κ2) is 5.02. The second-order valence-corrected chi connectivity index (χ2v) is 7.22. The van der Waals surface area contributed by atoms with Crippen LogP contribution in [0.5, 0.6) is 0 Å². The van der Waals surface area contributed by atoms with Crippen molar-refractivity contribution in [1.82, 2.24) is 20.2 Å². The van der Waals surface area contributed by atoms with Gasteiger partial charge in [0.15, 0.2) is 0 Å². The zero-order valence-corrected chi connectivity index (χ0v) is 12.9. The van der Waals surface area contributed by atoms with E-state index in [0.29, 0.717) is 6.04 Å². The van der Waals surface area contributed by atoms with Crippen LogP contribution in [0.4, 0.5) is 0 Å². The Morgan fingerprint density at radius 2 is 2.20 bits per heavy atom. The summed E-state index contributed by atoms with van der Waals surface area (Å²) in [6, 6.07) is 8.74. The van der Waals surface area contributed by atoms with E-state index in [9.17, 15) is 0 Å². The molecule has 0 N–H and O–H groups in total. The van der Waals surface area contributed by atoms with Crippen LogP contribution in [0.1, 0.15) is 23.8 Å². The average molecular weight is 323 g/mol. The van der Waals surface area contributed by atoms with Gasteiger partial charge in [0.1, 0.15) is 0 Å². The molecule has 0 saturated heterocycles. The third-order valence-electron chi connectivity index (χ3n) is 3.29. The Balaban J connectivity index is 1.58. The summed E-state index contributed by atoms with van der Waals surface area (Å²) in [5.74, 6) is 0.811. The van der Waals surface area contributed by atoms with Crippen molar-refractivity contribution in [1.29, 1.82) is 0 Å². The smallest absolute Gasteiger partial charge is 0.209 e. The number of fused-ring (bicyclic) bond motifs is 1. The number of nitrogens with zero attached hydrogens (tertiary/aromatic N) is 4. The fraction of sp³-hybridized carbons (Fsp3) is 0.308. The van der Waals surface area contributed by atoms with Crippen LogP contribution in [-0.2, 0) is 5.75 Å². The van der Waals surface area contributed by atoms with Gasteiger partial charge >= 0.3 is 0 Å². The van der Waals surface area contributed by atoms with Crippen LogP contribution in [0, 0.1) is 0 Å². The van der Waals surface area contributed by atoms with Gasteiger partial charge in [-0.15, -0.1) is 16.4 Å². The molecule has 20 heavy (non-hydrogen) atoms. The van der Waals surface area contributed by atoms with Crippen LogP contribution in [0.25, 0.3) is 10.1 Å². The normalized spacial score (nSPS) is 15.1. The largest absolute Gasteiger partial charge is 0.217 e. The summed E-state index contributed by atoms with van der Waals surface area (Å²) in [6.07, 6.45) is 2.37. The van der Waals surface area contributed by atoms with E-state index in [1.54, 1.807) is 23.1 Å². The van der Waals surface area contributed by atoms with E-state index in [4.69, 9.17) is 11.6 Å². The van der Waals surface area contributed by atoms with Crippen molar-refractivity contribution in [2.75, 3.05) is 0 Å². The Labute approximate surface area is 129 Å². The number of benzene rings is 1. The lowest BCUT2D eigenvalue weighted by Gasteiger charge is -2.01. The molecule has 4 nitrogen and oxygen atoms in total. The number of tetrazole rings is 1. The lowest BCUT2D eigenvalue weighted by atomic mass is 10.2. The van der Waals surface area contributed by atoms with E-state index in [1.807, 2.05) is 16.8 Å². The van der Waals surface area contributed by atoms with E-state index in [1.165, 1.54) is 22.4 Å². The van der Waals surface area contributed by atoms with Gasteiger partial charge in [-0.2, -0.15) is 0 Å². The van der Waals surface area contributed by atoms with Crippen molar-refractivity contribution >= 4 is 44.8 Å². The molecule has 2 aromatic heterocycles. The maximum atomic E-state index is 6.45. The Morgan fingerprint density at radius 1 is 1.35 bits per heavy atom. The van der Waals surface area contributed by atoms with Crippen molar-refractivity contribution in [3.8, 4) is 0 Å². The summed E-state index contributed by atoms with van der Waals surface area (Å²) in [5, 5.41) is 14.8. The lowest BCUT2D eigenvalue weighted by Crippen LogP contribution is -1.98. The SMILES string of the molecule is Clc1c(CSc2nnnn2C2CC2)sc2ccccc12. The molecule has 4 rings (SSSR count). The van der Waals surface area contributed by atoms with Gasteiger partial charge in [0.05, 0.1) is 11.1 Å². The Bertz CT molecular complexity index is 763. The number of hydrogen-bond donors (Lipinski definition) is 0. The quantitative estimate of drug-likeness (QED) is 0.676. The van der Waals surface area contributed by atoms with Gasteiger partial charge in [-0.05, 0) is 29.3 Å². The van der Waals surface area contributed by atoms with E-state index in [0.717, 1.165) is 21.3 Å². The number of thioether (sulfide) groups is 1. The van der Waals surface area contributed by atoms with E-state index in [2.05, 4.69) is 27.7 Å². The summed E-state index contributed by atoms with van der Waals surface area (Å²) in [4.78, 5) is 1.18. The van der Waals surface area contributed by atoms with E-state index in [-0.39, 0.29) is 0 Å². The summed E-state index contributed by atoms with van der Waals surface area (Å²) in [5.41, 5.74) is 0. The molecule has 0 radical (unpaired) electrons. The number of thiophene rings is 1. The van der Waals surface area contributed by atoms with Gasteiger partial charge < -0.3 is 0 Å². The highest BCUT2D eigenvalue weighted by molar-refractivity contribution is 7.98. The maximum Gasteiger partial charge on any atom is 0.209 e. The molecule has 2 heterocycles. The van der Waals surface area contributed by atoms with Crippen molar-refractivity contribution < 1.29 is 0 Å². The Kier molecular flexibility index (Phi) is 3.17. The van der Waals surface area contributed by atoms with Crippen molar-refractivity contribution in [3.05, 3.63) is 34.2 Å². The summed E-state index contributed by atoms with van der Waals surface area (Å²) < 4.78 is 3.17. The topological polar surface area (TPSA) is 43.6 Å². The van der Waals surface area contributed by atoms with Gasteiger partial charge in [0.25, 0.3) is 0 Å². The lowest BCUT2D eigenvalue weighted by molar-refractivity contribution is 0.565. The minimum absolute atomic E-state index is 0.505. The first kappa shape index (κ1) is 12.6. The minimum Gasteiger partial charge on any atom is -0.217 e. The van der Waals surface area contributed by atoms with E-state index < -0.39 is 0 Å². The highest BCUT2D eigenvalue weighted by Crippen LogP contribution is 2.40.